The summed E-state index contributed by atoms with van der Waals surface area (Å²) in [6.45, 7) is 0. The number of hydrogen-bond acceptors (Lipinski definition) is 4. The van der Waals surface area contributed by atoms with Crippen molar-refractivity contribution in [2.24, 2.45) is 10.9 Å². The Hall–Kier alpha value is -1.73. The molecule has 3 N–H and O–H groups in total. The van der Waals surface area contributed by atoms with Gasteiger partial charge in [0.25, 0.3) is 5.09 Å². The summed E-state index contributed by atoms with van der Waals surface area (Å²) in [5, 5.41) is 17.2. The van der Waals surface area contributed by atoms with Crippen LogP contribution in [0.5, 0.6) is 0 Å². The van der Waals surface area contributed by atoms with Gasteiger partial charge in [0.05, 0.1) is 0 Å². The Balaban J connectivity index is 0. The van der Waals surface area contributed by atoms with Gasteiger partial charge in [-0.15, -0.1) is 15.2 Å². The van der Waals surface area contributed by atoms with Crippen LogP contribution in [0.2, 0.25) is 0 Å². The smallest absolute Gasteiger partial charge is 0.291 e. The van der Waals surface area contributed by atoms with Crippen molar-refractivity contribution in [3.63, 3.8) is 0 Å². The van der Waals surface area contributed by atoms with Crippen molar-refractivity contribution in [1.29, 1.82) is 0 Å². The van der Waals surface area contributed by atoms with E-state index < -0.39 is 5.09 Å². The molecule has 0 saturated heterocycles. The minimum Gasteiger partial charge on any atom is -0.347 e. The van der Waals surface area contributed by atoms with Gasteiger partial charge in [0.15, 0.2) is 0 Å². The van der Waals surface area contributed by atoms with E-state index in [0.717, 1.165) is 5.96 Å². The van der Waals surface area contributed by atoms with Gasteiger partial charge in [0.2, 0.25) is 5.96 Å². The largest absolute Gasteiger partial charge is 0.347 e. The van der Waals surface area contributed by atoms with E-state index in [9.17, 15) is 0 Å². The normalized spacial score (nSPS) is 7.69. The second kappa shape index (κ2) is 6.95. The van der Waals surface area contributed by atoms with Crippen molar-refractivity contribution in [2.45, 2.75) is 0 Å². The lowest BCUT2D eigenvalue weighted by atomic mass is 10.7. The van der Waals surface area contributed by atoms with Crippen LogP contribution in [-0.4, -0.2) is 54.2 Å². The number of nitrogens with zero attached hydrogens (tertiary/aromatic N) is 4. The fourth-order valence-corrected chi connectivity index (χ4v) is 0.631. The summed E-state index contributed by atoms with van der Waals surface area (Å²) in [6.07, 6.45) is 0. The van der Waals surface area contributed by atoms with Crippen LogP contribution in [0.25, 0.3) is 0 Å². The number of guanidine groups is 1. The molecule has 0 amide bonds. The lowest BCUT2D eigenvalue weighted by Crippen LogP contribution is -2.36. The fraction of sp³-hybridized carbons (Fsp3) is 0.800. The van der Waals surface area contributed by atoms with Crippen molar-refractivity contribution >= 4 is 5.96 Å². The molecule has 0 heterocycles. The van der Waals surface area contributed by atoms with E-state index >= 15 is 0 Å². The van der Waals surface area contributed by atoms with Gasteiger partial charge in [-0.1, -0.05) is 0 Å². The van der Waals surface area contributed by atoms with Crippen molar-refractivity contribution in [3.05, 3.63) is 10.1 Å². The molecule has 8 heteroatoms. The van der Waals surface area contributed by atoms with Crippen molar-refractivity contribution in [3.8, 4) is 0 Å². The topological polar surface area (TPSA) is 108 Å². The predicted octanol–water partition coefficient (Wildman–Crippen LogP) is -1.01. The first kappa shape index (κ1) is 13.8. The maximum atomic E-state index is 8.36. The molecule has 0 unspecified atom stereocenters. The minimum absolute atomic E-state index is 0.759. The average molecular weight is 193 g/mol. The Morgan fingerprint density at radius 3 is 1.62 bits per heavy atom. The van der Waals surface area contributed by atoms with Gasteiger partial charge in [-0.3, -0.25) is 0 Å². The second-order valence-electron chi connectivity index (χ2n) is 2.46. The highest BCUT2D eigenvalue weighted by Crippen LogP contribution is 1.83. The SMILES string of the molecule is CN(C)C(=NN)N(C)C.O=[N+]([O-])O. The Labute approximate surface area is 76.3 Å². The van der Waals surface area contributed by atoms with E-state index in [-0.39, 0.29) is 0 Å². The first-order valence-corrected chi connectivity index (χ1v) is 3.28. The fourth-order valence-electron chi connectivity index (χ4n) is 0.631. The highest BCUT2D eigenvalue weighted by molar-refractivity contribution is 5.78. The Bertz CT molecular complexity index is 165. The number of hydrogen-bond donors (Lipinski definition) is 2. The Kier molecular flexibility index (Phi) is 7.39. The summed E-state index contributed by atoms with van der Waals surface area (Å²) in [5.41, 5.74) is 0. The van der Waals surface area contributed by atoms with Crippen LogP contribution in [0.3, 0.4) is 0 Å². The molecular formula is C5H15N5O3. The average Bonchev–Trinajstić information content (AvgIpc) is 1.84. The zero-order valence-corrected chi connectivity index (χ0v) is 8.13. The third kappa shape index (κ3) is 10.3. The summed E-state index contributed by atoms with van der Waals surface area (Å²) >= 11 is 0. The monoisotopic (exact) mass is 193 g/mol. The first-order chi connectivity index (χ1) is 5.82. The second-order valence-corrected chi connectivity index (χ2v) is 2.46. The number of rotatable bonds is 0. The van der Waals surface area contributed by atoms with Crippen LogP contribution in [0.4, 0.5) is 0 Å². The molecule has 0 fully saturated rings. The molecule has 0 radical (unpaired) electrons. The molecule has 0 aliphatic carbocycles. The zero-order chi connectivity index (χ0) is 11.0. The minimum atomic E-state index is -1.50. The molecule has 0 aliphatic rings. The van der Waals surface area contributed by atoms with Crippen LogP contribution in [0.1, 0.15) is 0 Å². The van der Waals surface area contributed by atoms with Crippen molar-refractivity contribution < 1.29 is 10.3 Å². The van der Waals surface area contributed by atoms with Crippen LogP contribution in [0, 0.1) is 10.1 Å². The summed E-state index contributed by atoms with van der Waals surface area (Å²) in [4.78, 5) is 12.1. The third-order valence-electron chi connectivity index (χ3n) is 0.915. The van der Waals surface area contributed by atoms with Gasteiger partial charge in [-0.05, 0) is 0 Å². The molecule has 0 aromatic carbocycles. The van der Waals surface area contributed by atoms with Gasteiger partial charge in [0, 0.05) is 28.2 Å². The first-order valence-electron chi connectivity index (χ1n) is 3.28. The van der Waals surface area contributed by atoms with Gasteiger partial charge in [-0.2, -0.15) is 0 Å². The summed E-state index contributed by atoms with van der Waals surface area (Å²) < 4.78 is 0. The molecule has 0 spiro atoms. The molecule has 8 nitrogen and oxygen atoms in total. The molecule has 0 saturated carbocycles. The molecule has 0 atom stereocenters. The lowest BCUT2D eigenvalue weighted by Gasteiger charge is -2.20. The maximum Gasteiger partial charge on any atom is 0.291 e. The van der Waals surface area contributed by atoms with Crippen LogP contribution < -0.4 is 5.84 Å². The molecule has 0 aliphatic heterocycles. The number of hydrazone groups is 1. The van der Waals surface area contributed by atoms with Gasteiger partial charge in [-0.25, -0.2) is 0 Å². The van der Waals surface area contributed by atoms with Gasteiger partial charge in [0.1, 0.15) is 0 Å². The highest BCUT2D eigenvalue weighted by atomic mass is 16.9. The summed E-state index contributed by atoms with van der Waals surface area (Å²) in [6, 6.07) is 0. The molecule has 0 rings (SSSR count). The summed E-state index contributed by atoms with van der Waals surface area (Å²) in [7, 11) is 7.58. The van der Waals surface area contributed by atoms with Gasteiger partial charge >= 0.3 is 0 Å². The van der Waals surface area contributed by atoms with E-state index in [0.29, 0.717) is 0 Å². The lowest BCUT2D eigenvalue weighted by molar-refractivity contribution is -0.742. The molecular weight excluding hydrogens is 178 g/mol. The van der Waals surface area contributed by atoms with E-state index in [1.54, 1.807) is 0 Å². The standard InChI is InChI=1S/C5H14N4.HNO3/c1-8(2)5(7-6)9(3)4;2-1(3)4/h6H2,1-4H3;(H,2,3,4). The van der Waals surface area contributed by atoms with Crippen molar-refractivity contribution in [2.75, 3.05) is 28.2 Å². The highest BCUT2D eigenvalue weighted by Gasteiger charge is 2.00. The zero-order valence-electron chi connectivity index (χ0n) is 8.13. The number of nitrogens with two attached hydrogens (primary N) is 1. The summed E-state index contributed by atoms with van der Waals surface area (Å²) in [5.74, 6) is 5.84. The van der Waals surface area contributed by atoms with E-state index in [2.05, 4.69) is 5.10 Å². The predicted molar refractivity (Wildman–Crippen MR) is 47.8 cm³/mol. The van der Waals surface area contributed by atoms with E-state index in [1.807, 2.05) is 38.0 Å². The Morgan fingerprint density at radius 2 is 1.62 bits per heavy atom. The molecule has 78 valence electrons. The Morgan fingerprint density at radius 1 is 1.38 bits per heavy atom. The molecule has 0 aromatic rings. The van der Waals surface area contributed by atoms with Crippen molar-refractivity contribution in [1.82, 2.24) is 9.80 Å². The van der Waals surface area contributed by atoms with Gasteiger partial charge < -0.3 is 20.8 Å². The van der Waals surface area contributed by atoms with Crippen LogP contribution in [0.15, 0.2) is 5.10 Å². The molecule has 0 aromatic heterocycles. The maximum absolute atomic E-state index is 8.36. The third-order valence-corrected chi connectivity index (χ3v) is 0.915. The van der Waals surface area contributed by atoms with E-state index in [1.165, 1.54) is 0 Å². The molecule has 0 bridgehead atoms. The quantitative estimate of drug-likeness (QED) is 0.168. The van der Waals surface area contributed by atoms with Crippen LogP contribution >= 0.6 is 0 Å². The molecule has 13 heavy (non-hydrogen) atoms. The van der Waals surface area contributed by atoms with E-state index in [4.69, 9.17) is 21.2 Å². The van der Waals surface area contributed by atoms with Crippen LogP contribution in [-0.2, 0) is 0 Å².